The summed E-state index contributed by atoms with van der Waals surface area (Å²) in [7, 11) is 0. The lowest BCUT2D eigenvalue weighted by Gasteiger charge is -2.34. The van der Waals surface area contributed by atoms with Crippen LogP contribution in [0.3, 0.4) is 0 Å². The molecule has 12 heavy (non-hydrogen) atoms. The van der Waals surface area contributed by atoms with E-state index in [9.17, 15) is 15.3 Å². The molecule has 0 heterocycles. The molecule has 0 amide bonds. The number of hydrogen-bond donors (Lipinski definition) is 4. The Morgan fingerprint density at radius 2 is 1.67 bits per heavy atom. The molecule has 0 spiro atoms. The van der Waals surface area contributed by atoms with Gasteiger partial charge in [-0.3, -0.25) is 0 Å². The second kappa shape index (κ2) is 4.77. The van der Waals surface area contributed by atoms with E-state index in [1.165, 1.54) is 0 Å². The number of aliphatic hydroxyl groups is 4. The number of rotatable bonds is 5. The Balaban J connectivity index is 4.42. The molecule has 4 nitrogen and oxygen atoms in total. The molecule has 0 radical (unpaired) electrons. The molecule has 0 aromatic rings. The van der Waals surface area contributed by atoms with Crippen molar-refractivity contribution in [2.45, 2.75) is 44.5 Å². The summed E-state index contributed by atoms with van der Waals surface area (Å²) in [5.41, 5.74) is -1.58. The fourth-order valence-electron chi connectivity index (χ4n) is 1.20. The molecule has 0 aromatic carbocycles. The molecule has 0 aliphatic heterocycles. The van der Waals surface area contributed by atoms with Gasteiger partial charge in [0, 0.05) is 0 Å². The van der Waals surface area contributed by atoms with E-state index in [2.05, 4.69) is 0 Å². The normalized spacial score (nSPS) is 21.5. The van der Waals surface area contributed by atoms with Crippen molar-refractivity contribution in [2.75, 3.05) is 6.61 Å². The number of hydrogen-bond acceptors (Lipinski definition) is 4. The Hall–Kier alpha value is -0.160. The highest BCUT2D eigenvalue weighted by atomic mass is 16.4. The summed E-state index contributed by atoms with van der Waals surface area (Å²) < 4.78 is 0. The van der Waals surface area contributed by atoms with Gasteiger partial charge >= 0.3 is 0 Å². The van der Waals surface area contributed by atoms with Crippen molar-refractivity contribution in [1.29, 1.82) is 0 Å². The highest BCUT2D eigenvalue weighted by Gasteiger charge is 2.39. The summed E-state index contributed by atoms with van der Waals surface area (Å²) in [5, 5.41) is 36.9. The van der Waals surface area contributed by atoms with Gasteiger partial charge in [-0.15, -0.1) is 0 Å². The van der Waals surface area contributed by atoms with Crippen molar-refractivity contribution in [1.82, 2.24) is 0 Å². The average molecular weight is 178 g/mol. The van der Waals surface area contributed by atoms with E-state index in [1.54, 1.807) is 13.8 Å². The Morgan fingerprint density at radius 1 is 1.17 bits per heavy atom. The first-order chi connectivity index (χ1) is 5.52. The van der Waals surface area contributed by atoms with Crippen LogP contribution in [0.5, 0.6) is 0 Å². The monoisotopic (exact) mass is 178 g/mol. The first-order valence-corrected chi connectivity index (χ1v) is 4.22. The third-order valence-corrected chi connectivity index (χ3v) is 2.28. The summed E-state index contributed by atoms with van der Waals surface area (Å²) >= 11 is 0. The molecule has 0 saturated carbocycles. The van der Waals surface area contributed by atoms with E-state index in [4.69, 9.17) is 5.11 Å². The third kappa shape index (κ3) is 2.17. The van der Waals surface area contributed by atoms with Crippen molar-refractivity contribution in [3.8, 4) is 0 Å². The van der Waals surface area contributed by atoms with Gasteiger partial charge in [0.05, 0.1) is 12.7 Å². The fraction of sp³-hybridized carbons (Fsp3) is 1.00. The summed E-state index contributed by atoms with van der Waals surface area (Å²) in [6.07, 6.45) is -1.72. The Morgan fingerprint density at radius 3 is 1.92 bits per heavy atom. The van der Waals surface area contributed by atoms with Crippen molar-refractivity contribution < 1.29 is 20.4 Å². The third-order valence-electron chi connectivity index (χ3n) is 2.28. The SMILES string of the molecule is CCC(O)C(O)(CC)C(O)CO. The zero-order valence-corrected chi connectivity index (χ0v) is 7.56. The van der Waals surface area contributed by atoms with Crippen molar-refractivity contribution in [2.24, 2.45) is 0 Å². The van der Waals surface area contributed by atoms with Crippen LogP contribution in [-0.4, -0.2) is 44.8 Å². The Labute approximate surface area is 72.5 Å². The van der Waals surface area contributed by atoms with E-state index in [0.29, 0.717) is 6.42 Å². The molecule has 0 fully saturated rings. The average Bonchev–Trinajstić information content (AvgIpc) is 2.13. The molecular formula is C8H18O4. The van der Waals surface area contributed by atoms with Crippen molar-refractivity contribution >= 4 is 0 Å². The van der Waals surface area contributed by atoms with E-state index in [1.807, 2.05) is 0 Å². The Bertz CT molecular complexity index is 116. The van der Waals surface area contributed by atoms with Gasteiger partial charge in [0.2, 0.25) is 0 Å². The summed E-state index contributed by atoms with van der Waals surface area (Å²) in [6, 6.07) is 0. The second-order valence-electron chi connectivity index (χ2n) is 2.97. The number of aliphatic hydroxyl groups excluding tert-OH is 3. The van der Waals surface area contributed by atoms with Crippen LogP contribution < -0.4 is 0 Å². The zero-order chi connectivity index (χ0) is 9.78. The maximum Gasteiger partial charge on any atom is 0.118 e. The molecule has 0 saturated heterocycles. The lowest BCUT2D eigenvalue weighted by atomic mass is 9.86. The predicted molar refractivity (Wildman–Crippen MR) is 44.6 cm³/mol. The topological polar surface area (TPSA) is 80.9 Å². The van der Waals surface area contributed by atoms with Crippen LogP contribution in [0.25, 0.3) is 0 Å². The van der Waals surface area contributed by atoms with E-state index >= 15 is 0 Å². The molecule has 3 unspecified atom stereocenters. The van der Waals surface area contributed by atoms with Gasteiger partial charge < -0.3 is 20.4 Å². The van der Waals surface area contributed by atoms with E-state index in [-0.39, 0.29) is 6.42 Å². The maximum absolute atomic E-state index is 9.70. The molecule has 0 bridgehead atoms. The van der Waals surface area contributed by atoms with Gasteiger partial charge in [0.25, 0.3) is 0 Å². The van der Waals surface area contributed by atoms with Crippen LogP contribution in [0, 0.1) is 0 Å². The van der Waals surface area contributed by atoms with Gasteiger partial charge in [-0.1, -0.05) is 13.8 Å². The zero-order valence-electron chi connectivity index (χ0n) is 7.56. The fourth-order valence-corrected chi connectivity index (χ4v) is 1.20. The van der Waals surface area contributed by atoms with Gasteiger partial charge in [0.1, 0.15) is 11.7 Å². The largest absolute Gasteiger partial charge is 0.394 e. The first kappa shape index (κ1) is 11.8. The van der Waals surface area contributed by atoms with Crippen molar-refractivity contribution in [3.05, 3.63) is 0 Å². The van der Waals surface area contributed by atoms with Crippen LogP contribution in [-0.2, 0) is 0 Å². The van der Waals surface area contributed by atoms with Crippen LogP contribution in [0.1, 0.15) is 26.7 Å². The second-order valence-corrected chi connectivity index (χ2v) is 2.97. The minimum Gasteiger partial charge on any atom is -0.394 e. The quantitative estimate of drug-likeness (QED) is 0.446. The van der Waals surface area contributed by atoms with Crippen LogP contribution in [0.4, 0.5) is 0 Å². The molecule has 4 N–H and O–H groups in total. The molecule has 0 aliphatic rings. The minimum atomic E-state index is -1.58. The lowest BCUT2D eigenvalue weighted by Crippen LogP contribution is -2.53. The van der Waals surface area contributed by atoms with Gasteiger partial charge in [-0.25, -0.2) is 0 Å². The predicted octanol–water partition coefficient (Wildman–Crippen LogP) is -0.748. The molecule has 0 aliphatic carbocycles. The Kier molecular flexibility index (Phi) is 4.70. The lowest BCUT2D eigenvalue weighted by molar-refractivity contribution is -0.159. The highest BCUT2D eigenvalue weighted by Crippen LogP contribution is 2.22. The van der Waals surface area contributed by atoms with Crippen LogP contribution >= 0.6 is 0 Å². The van der Waals surface area contributed by atoms with Gasteiger partial charge in [0.15, 0.2) is 0 Å². The maximum atomic E-state index is 9.70. The first-order valence-electron chi connectivity index (χ1n) is 4.22. The summed E-state index contributed by atoms with van der Waals surface area (Å²) in [5.74, 6) is 0. The van der Waals surface area contributed by atoms with Crippen molar-refractivity contribution in [3.63, 3.8) is 0 Å². The van der Waals surface area contributed by atoms with Crippen LogP contribution in [0.15, 0.2) is 0 Å². The molecule has 74 valence electrons. The minimum absolute atomic E-state index is 0.212. The highest BCUT2D eigenvalue weighted by molar-refractivity contribution is 4.91. The smallest absolute Gasteiger partial charge is 0.118 e. The molecule has 0 rings (SSSR count). The molecule has 3 atom stereocenters. The van der Waals surface area contributed by atoms with E-state index in [0.717, 1.165) is 0 Å². The van der Waals surface area contributed by atoms with Gasteiger partial charge in [-0.05, 0) is 12.8 Å². The molecule has 4 heteroatoms. The molecule has 0 aromatic heterocycles. The van der Waals surface area contributed by atoms with Gasteiger partial charge in [-0.2, -0.15) is 0 Å². The summed E-state index contributed by atoms with van der Waals surface area (Å²) in [6.45, 7) is 2.81. The molecular weight excluding hydrogens is 160 g/mol. The summed E-state index contributed by atoms with van der Waals surface area (Å²) in [4.78, 5) is 0. The van der Waals surface area contributed by atoms with Crippen LogP contribution in [0.2, 0.25) is 0 Å². The standard InChI is InChI=1S/C8H18O4/c1-3-6(10)8(12,4-2)7(11)5-9/h6-7,9-12H,3-5H2,1-2H3. The van der Waals surface area contributed by atoms with E-state index < -0.39 is 24.4 Å².